The van der Waals surface area contributed by atoms with Gasteiger partial charge >= 0.3 is 0 Å². The zero-order chi connectivity index (χ0) is 17.8. The molecule has 0 saturated carbocycles. The van der Waals surface area contributed by atoms with E-state index in [0.717, 1.165) is 22.8 Å². The smallest absolute Gasteiger partial charge is 0.242 e. The molecule has 1 amide bonds. The van der Waals surface area contributed by atoms with Gasteiger partial charge in [0, 0.05) is 49.5 Å². The Hall–Kier alpha value is -3.00. The predicted molar refractivity (Wildman–Crippen MR) is 93.0 cm³/mol. The molecule has 0 aromatic carbocycles. The Morgan fingerprint density at radius 1 is 1.32 bits per heavy atom. The Labute approximate surface area is 145 Å². The highest BCUT2D eigenvalue weighted by Gasteiger charge is 2.20. The monoisotopic (exact) mass is 339 g/mol. The van der Waals surface area contributed by atoms with Crippen molar-refractivity contribution in [3.63, 3.8) is 0 Å². The lowest BCUT2D eigenvalue weighted by molar-refractivity contribution is -0.123. The van der Waals surface area contributed by atoms with Crippen LogP contribution in [0, 0.1) is 6.92 Å². The molecular formula is C17H21N7O. The van der Waals surface area contributed by atoms with Gasteiger partial charge in [-0.1, -0.05) is 6.07 Å². The zero-order valence-corrected chi connectivity index (χ0v) is 14.5. The van der Waals surface area contributed by atoms with Gasteiger partial charge in [0.15, 0.2) is 0 Å². The maximum absolute atomic E-state index is 12.6. The van der Waals surface area contributed by atoms with Gasteiger partial charge in [-0.2, -0.15) is 5.10 Å². The van der Waals surface area contributed by atoms with Crippen LogP contribution in [-0.2, 0) is 18.4 Å². The number of carbonyl (C=O) groups is 1. The third-order valence-corrected chi connectivity index (χ3v) is 3.98. The van der Waals surface area contributed by atoms with E-state index < -0.39 is 6.04 Å². The van der Waals surface area contributed by atoms with Crippen molar-refractivity contribution < 1.29 is 4.79 Å². The van der Waals surface area contributed by atoms with Crippen LogP contribution in [0.2, 0.25) is 0 Å². The molecule has 3 aromatic rings. The molecule has 3 heterocycles. The molecule has 0 bridgehead atoms. The summed E-state index contributed by atoms with van der Waals surface area (Å²) >= 11 is 0. The number of imidazole rings is 1. The number of likely N-dealkylation sites (N-methyl/N-ethyl adjacent to an activating group) is 1. The summed E-state index contributed by atoms with van der Waals surface area (Å²) in [6.07, 6.45) is 8.82. The van der Waals surface area contributed by atoms with Crippen molar-refractivity contribution in [3.05, 3.63) is 60.1 Å². The molecule has 8 nitrogen and oxygen atoms in total. The summed E-state index contributed by atoms with van der Waals surface area (Å²) in [5, 5.41) is 10.1. The largest absolute Gasteiger partial charge is 0.350 e. The van der Waals surface area contributed by atoms with Crippen LogP contribution >= 0.6 is 0 Å². The van der Waals surface area contributed by atoms with Gasteiger partial charge in [-0.05, 0) is 20.0 Å². The molecule has 0 saturated heterocycles. The van der Waals surface area contributed by atoms with Crippen molar-refractivity contribution in [1.29, 1.82) is 0 Å². The predicted octanol–water partition coefficient (Wildman–Crippen LogP) is 0.886. The van der Waals surface area contributed by atoms with Crippen LogP contribution < -0.4 is 10.6 Å². The highest BCUT2D eigenvalue weighted by molar-refractivity contribution is 5.83. The summed E-state index contributed by atoms with van der Waals surface area (Å²) in [5.74, 6) is 1.49. The normalized spacial score (nSPS) is 12.1. The molecule has 25 heavy (non-hydrogen) atoms. The number of carbonyl (C=O) groups excluding carboxylic acids is 1. The number of rotatable bonds is 6. The van der Waals surface area contributed by atoms with Gasteiger partial charge in [0.1, 0.15) is 17.7 Å². The van der Waals surface area contributed by atoms with Crippen LogP contribution in [0.1, 0.15) is 23.0 Å². The summed E-state index contributed by atoms with van der Waals surface area (Å²) in [6, 6.07) is 3.35. The minimum Gasteiger partial charge on any atom is -0.350 e. The molecule has 3 aromatic heterocycles. The lowest BCUT2D eigenvalue weighted by Gasteiger charge is -2.16. The first-order valence-corrected chi connectivity index (χ1v) is 7.98. The first-order valence-electron chi connectivity index (χ1n) is 7.98. The van der Waals surface area contributed by atoms with Gasteiger partial charge in [-0.3, -0.25) is 14.0 Å². The number of nitrogens with zero attached hydrogens (tertiary/aromatic N) is 5. The molecular weight excluding hydrogens is 318 g/mol. The first-order chi connectivity index (χ1) is 12.1. The molecule has 1 atom stereocenters. The quantitative estimate of drug-likeness (QED) is 0.696. The third kappa shape index (κ3) is 3.58. The van der Waals surface area contributed by atoms with E-state index in [0.29, 0.717) is 6.54 Å². The number of aryl methyl sites for hydroxylation is 2. The first kappa shape index (κ1) is 16.8. The van der Waals surface area contributed by atoms with Crippen molar-refractivity contribution >= 4 is 5.91 Å². The van der Waals surface area contributed by atoms with E-state index in [-0.39, 0.29) is 5.91 Å². The topological polar surface area (TPSA) is 89.7 Å². The summed E-state index contributed by atoms with van der Waals surface area (Å²) in [5.41, 5.74) is 1.73. The summed E-state index contributed by atoms with van der Waals surface area (Å²) in [4.78, 5) is 21.2. The molecule has 130 valence electrons. The molecule has 3 rings (SSSR count). The molecule has 8 heteroatoms. The molecule has 2 N–H and O–H groups in total. The minimum absolute atomic E-state index is 0.118. The van der Waals surface area contributed by atoms with Crippen molar-refractivity contribution in [1.82, 2.24) is 34.9 Å². The van der Waals surface area contributed by atoms with E-state index in [4.69, 9.17) is 0 Å². The molecule has 0 radical (unpaired) electrons. The fraction of sp³-hybridized carbons (Fsp3) is 0.294. The van der Waals surface area contributed by atoms with Gasteiger partial charge < -0.3 is 10.6 Å². The lowest BCUT2D eigenvalue weighted by Crippen LogP contribution is -2.35. The second-order valence-electron chi connectivity index (χ2n) is 5.72. The number of hydrogen-bond donors (Lipinski definition) is 2. The van der Waals surface area contributed by atoms with Gasteiger partial charge in [0.05, 0.1) is 6.20 Å². The van der Waals surface area contributed by atoms with E-state index in [9.17, 15) is 4.79 Å². The van der Waals surface area contributed by atoms with Crippen LogP contribution in [0.3, 0.4) is 0 Å². The average Bonchev–Trinajstić information content (AvgIpc) is 3.22. The SMILES string of the molecule is CNC(C(=O)NCc1cccnc1-n1ccnc1C)c1cnn(C)c1. The molecule has 0 fully saturated rings. The van der Waals surface area contributed by atoms with Gasteiger partial charge in [0.2, 0.25) is 5.91 Å². The molecule has 1 unspecified atom stereocenters. The molecule has 0 aliphatic heterocycles. The Morgan fingerprint density at radius 3 is 2.80 bits per heavy atom. The fourth-order valence-electron chi connectivity index (χ4n) is 2.71. The molecule has 0 spiro atoms. The third-order valence-electron chi connectivity index (χ3n) is 3.98. The van der Waals surface area contributed by atoms with E-state index in [1.165, 1.54) is 0 Å². The number of pyridine rings is 1. The van der Waals surface area contributed by atoms with Crippen LogP contribution in [0.4, 0.5) is 0 Å². The number of nitrogens with one attached hydrogen (secondary N) is 2. The van der Waals surface area contributed by atoms with Crippen molar-refractivity contribution in [2.45, 2.75) is 19.5 Å². The van der Waals surface area contributed by atoms with Crippen LogP contribution in [0.15, 0.2) is 43.1 Å². The lowest BCUT2D eigenvalue weighted by atomic mass is 10.1. The number of aromatic nitrogens is 5. The Bertz CT molecular complexity index is 867. The average molecular weight is 339 g/mol. The summed E-state index contributed by atoms with van der Waals surface area (Å²) in [7, 11) is 3.57. The highest BCUT2D eigenvalue weighted by atomic mass is 16.2. The fourth-order valence-corrected chi connectivity index (χ4v) is 2.71. The summed E-state index contributed by atoms with van der Waals surface area (Å²) < 4.78 is 3.58. The van der Waals surface area contributed by atoms with Gasteiger partial charge in [-0.15, -0.1) is 0 Å². The van der Waals surface area contributed by atoms with Crippen LogP contribution in [-0.4, -0.2) is 37.3 Å². The van der Waals surface area contributed by atoms with Gasteiger partial charge in [-0.25, -0.2) is 9.97 Å². The molecule has 0 aliphatic rings. The number of amides is 1. The van der Waals surface area contributed by atoms with Crippen LogP contribution in [0.5, 0.6) is 0 Å². The van der Waals surface area contributed by atoms with Crippen LogP contribution in [0.25, 0.3) is 5.82 Å². The zero-order valence-electron chi connectivity index (χ0n) is 14.5. The van der Waals surface area contributed by atoms with Gasteiger partial charge in [0.25, 0.3) is 0 Å². The van der Waals surface area contributed by atoms with E-state index in [1.54, 1.807) is 30.3 Å². The second-order valence-corrected chi connectivity index (χ2v) is 5.72. The maximum Gasteiger partial charge on any atom is 0.242 e. The molecule has 0 aliphatic carbocycles. The Kier molecular flexibility index (Phi) is 4.90. The van der Waals surface area contributed by atoms with Crippen molar-refractivity contribution in [3.8, 4) is 5.82 Å². The standard InChI is InChI=1S/C17H21N7O/c1-12-19-7-8-24(12)16-13(5-4-6-20-16)9-21-17(25)15(18-2)14-10-22-23(3)11-14/h4-8,10-11,15,18H,9H2,1-3H3,(H,21,25). The maximum atomic E-state index is 12.6. The van der Waals surface area contributed by atoms with E-state index >= 15 is 0 Å². The Balaban J connectivity index is 1.75. The van der Waals surface area contributed by atoms with E-state index in [1.807, 2.05) is 43.1 Å². The summed E-state index contributed by atoms with van der Waals surface area (Å²) in [6.45, 7) is 2.29. The minimum atomic E-state index is -0.455. The van der Waals surface area contributed by atoms with Crippen molar-refractivity contribution in [2.75, 3.05) is 7.05 Å². The second kappa shape index (κ2) is 7.27. The van der Waals surface area contributed by atoms with Crippen molar-refractivity contribution in [2.24, 2.45) is 7.05 Å². The number of hydrogen-bond acceptors (Lipinski definition) is 5. The highest BCUT2D eigenvalue weighted by Crippen LogP contribution is 2.15. The Morgan fingerprint density at radius 2 is 2.16 bits per heavy atom. The van der Waals surface area contributed by atoms with E-state index in [2.05, 4.69) is 25.7 Å².